The van der Waals surface area contributed by atoms with Gasteiger partial charge in [0.2, 0.25) is 11.8 Å². The van der Waals surface area contributed by atoms with Crippen LogP contribution in [0.25, 0.3) is 0 Å². The number of hydrazone groups is 2. The Kier molecular flexibility index (Phi) is 16.2. The lowest BCUT2D eigenvalue weighted by atomic mass is 10.2. The molecule has 16 heteroatoms. The number of rotatable bonds is 20. The molecule has 4 aromatic rings. The largest absolute Gasteiger partial charge is 0.493 e. The van der Waals surface area contributed by atoms with Gasteiger partial charge in [0.1, 0.15) is 0 Å². The van der Waals surface area contributed by atoms with Crippen LogP contribution >= 0.6 is 0 Å². The lowest BCUT2D eigenvalue weighted by Crippen LogP contribution is -2.20. The summed E-state index contributed by atoms with van der Waals surface area (Å²) in [5.74, 6) is 0.654. The summed E-state index contributed by atoms with van der Waals surface area (Å²) in [6.45, 7) is 4.19. The Morgan fingerprint density at radius 3 is 1.26 bits per heavy atom. The summed E-state index contributed by atoms with van der Waals surface area (Å²) in [6, 6.07) is 19.0. The van der Waals surface area contributed by atoms with Crippen LogP contribution in [0.2, 0.25) is 0 Å². The lowest BCUT2D eigenvalue weighted by molar-refractivity contribution is -0.122. The SMILES string of the molecule is CCOc1cc(C=NNC(=O)CCCC(=O)NN=Cc2ccc(OC(=O)c3ccc(OC)c(OC)c3)c(OCC)c2)ccc1OC(=O)c1ccc(OC)c(OC)c1. The quantitative estimate of drug-likeness (QED) is 0.0480. The van der Waals surface area contributed by atoms with Crippen LogP contribution in [0, 0.1) is 0 Å². The molecule has 4 aromatic carbocycles. The zero-order valence-corrected chi connectivity index (χ0v) is 32.4. The molecule has 0 aromatic heterocycles. The fourth-order valence-corrected chi connectivity index (χ4v) is 5.04. The first kappa shape index (κ1) is 42.6. The Morgan fingerprint density at radius 1 is 0.509 bits per heavy atom. The van der Waals surface area contributed by atoms with Gasteiger partial charge in [-0.1, -0.05) is 0 Å². The molecule has 57 heavy (non-hydrogen) atoms. The molecular weight excluding hydrogens is 740 g/mol. The van der Waals surface area contributed by atoms with Crippen molar-refractivity contribution < 1.29 is 57.1 Å². The minimum atomic E-state index is -0.623. The normalized spacial score (nSPS) is 10.8. The van der Waals surface area contributed by atoms with E-state index in [1.807, 2.05) is 0 Å². The van der Waals surface area contributed by atoms with Crippen molar-refractivity contribution in [1.82, 2.24) is 10.9 Å². The second kappa shape index (κ2) is 21.7. The van der Waals surface area contributed by atoms with Gasteiger partial charge in [0.15, 0.2) is 46.0 Å². The number of esters is 2. The summed E-state index contributed by atoms with van der Waals surface area (Å²) in [6.07, 6.45) is 3.13. The highest BCUT2D eigenvalue weighted by atomic mass is 16.6. The average molecular weight is 785 g/mol. The molecular formula is C41H44N4O12. The monoisotopic (exact) mass is 784 g/mol. The molecule has 0 fully saturated rings. The number of hydrogen-bond acceptors (Lipinski definition) is 14. The van der Waals surface area contributed by atoms with Crippen molar-refractivity contribution >= 4 is 36.2 Å². The number of benzene rings is 4. The van der Waals surface area contributed by atoms with E-state index in [2.05, 4.69) is 21.1 Å². The van der Waals surface area contributed by atoms with Crippen LogP contribution in [0.1, 0.15) is 65.0 Å². The predicted molar refractivity (Wildman–Crippen MR) is 210 cm³/mol. The van der Waals surface area contributed by atoms with Crippen LogP contribution in [0.4, 0.5) is 0 Å². The van der Waals surface area contributed by atoms with E-state index in [-0.39, 0.29) is 41.9 Å². The highest BCUT2D eigenvalue weighted by Crippen LogP contribution is 2.33. The molecule has 0 heterocycles. The van der Waals surface area contributed by atoms with Crippen LogP contribution in [-0.4, -0.2) is 77.8 Å². The third kappa shape index (κ3) is 12.5. The number of methoxy groups -OCH3 is 4. The van der Waals surface area contributed by atoms with E-state index in [0.717, 1.165) is 0 Å². The average Bonchev–Trinajstić information content (AvgIpc) is 3.22. The molecule has 0 saturated heterocycles. The molecule has 2 N–H and O–H groups in total. The summed E-state index contributed by atoms with van der Waals surface area (Å²) in [5, 5.41) is 7.97. The minimum Gasteiger partial charge on any atom is -0.493 e. The van der Waals surface area contributed by atoms with E-state index in [9.17, 15) is 19.2 Å². The predicted octanol–water partition coefficient (Wildman–Crippen LogP) is 5.73. The molecule has 0 unspecified atom stereocenters. The Bertz CT molecular complexity index is 1950. The van der Waals surface area contributed by atoms with Crippen molar-refractivity contribution in [2.75, 3.05) is 41.7 Å². The van der Waals surface area contributed by atoms with Crippen molar-refractivity contribution in [1.29, 1.82) is 0 Å². The Hall–Kier alpha value is -7.10. The number of nitrogens with one attached hydrogen (secondary N) is 2. The standard InChI is InChI=1S/C41H44N4O12/c1-7-54-36-20-26(12-16-32(36)56-40(48)28-14-18-30(50-3)34(22-28)52-5)24-42-44-38(46)10-9-11-39(47)45-43-25-27-13-17-33(37(21-27)55-8-2)57-41(49)29-15-19-31(51-4)35(23-29)53-6/h12-25H,7-11H2,1-6H3,(H,44,46)(H,45,47). The molecule has 16 nitrogen and oxygen atoms in total. The number of carbonyl (C=O) groups excluding carboxylic acids is 4. The highest BCUT2D eigenvalue weighted by molar-refractivity contribution is 5.93. The van der Waals surface area contributed by atoms with Gasteiger partial charge in [-0.15, -0.1) is 0 Å². The summed E-state index contributed by atoms with van der Waals surface area (Å²) in [5.41, 5.74) is 6.50. The van der Waals surface area contributed by atoms with Crippen LogP contribution in [0.5, 0.6) is 46.0 Å². The van der Waals surface area contributed by atoms with Gasteiger partial charge in [0, 0.05) is 12.8 Å². The number of carbonyl (C=O) groups is 4. The zero-order valence-electron chi connectivity index (χ0n) is 32.4. The second-order valence-corrected chi connectivity index (χ2v) is 11.6. The number of ether oxygens (including phenoxy) is 8. The number of hydrogen-bond donors (Lipinski definition) is 2. The van der Waals surface area contributed by atoms with Crippen molar-refractivity contribution in [3.05, 3.63) is 95.1 Å². The summed E-state index contributed by atoms with van der Waals surface area (Å²) in [7, 11) is 5.93. The van der Waals surface area contributed by atoms with Crippen LogP contribution in [-0.2, 0) is 9.59 Å². The highest BCUT2D eigenvalue weighted by Gasteiger charge is 2.18. The lowest BCUT2D eigenvalue weighted by Gasteiger charge is -2.12. The van der Waals surface area contributed by atoms with Crippen molar-refractivity contribution in [3.8, 4) is 46.0 Å². The fraction of sp³-hybridized carbons (Fsp3) is 0.268. The number of amides is 2. The smallest absolute Gasteiger partial charge is 0.343 e. The summed E-state index contributed by atoms with van der Waals surface area (Å²) in [4.78, 5) is 50.4. The molecule has 0 saturated carbocycles. The molecule has 2 amide bonds. The zero-order chi connectivity index (χ0) is 41.2. The number of nitrogens with zero attached hydrogens (tertiary/aromatic N) is 2. The van der Waals surface area contributed by atoms with Gasteiger partial charge in [0.25, 0.3) is 0 Å². The molecule has 0 radical (unpaired) electrons. The molecule has 0 bridgehead atoms. The van der Waals surface area contributed by atoms with E-state index in [1.54, 1.807) is 74.5 Å². The molecule has 300 valence electrons. The van der Waals surface area contributed by atoms with E-state index in [4.69, 9.17) is 37.9 Å². The van der Waals surface area contributed by atoms with Crippen LogP contribution in [0.15, 0.2) is 83.0 Å². The first-order valence-electron chi connectivity index (χ1n) is 17.7. The van der Waals surface area contributed by atoms with Gasteiger partial charge in [0.05, 0.1) is 65.2 Å². The topological polar surface area (TPSA) is 191 Å². The molecule has 0 aliphatic heterocycles. The fourth-order valence-electron chi connectivity index (χ4n) is 5.04. The Labute approximate surface area is 329 Å². The van der Waals surface area contributed by atoms with E-state index in [1.165, 1.54) is 53.0 Å². The molecule has 0 atom stereocenters. The van der Waals surface area contributed by atoms with Gasteiger partial charge >= 0.3 is 11.9 Å². The van der Waals surface area contributed by atoms with Crippen LogP contribution < -0.4 is 48.7 Å². The van der Waals surface area contributed by atoms with Gasteiger partial charge in [-0.05, 0) is 104 Å². The van der Waals surface area contributed by atoms with E-state index < -0.39 is 23.8 Å². The third-order valence-corrected chi connectivity index (χ3v) is 7.79. The molecule has 4 rings (SSSR count). The van der Waals surface area contributed by atoms with Crippen LogP contribution in [0.3, 0.4) is 0 Å². The maximum Gasteiger partial charge on any atom is 0.343 e. The van der Waals surface area contributed by atoms with Gasteiger partial charge in [-0.25, -0.2) is 20.4 Å². The molecule has 0 aliphatic rings. The minimum absolute atomic E-state index is 0.0326. The van der Waals surface area contributed by atoms with Gasteiger partial charge in [-0.2, -0.15) is 10.2 Å². The Morgan fingerprint density at radius 2 is 0.895 bits per heavy atom. The second-order valence-electron chi connectivity index (χ2n) is 11.6. The Balaban J connectivity index is 1.23. The van der Waals surface area contributed by atoms with E-state index in [0.29, 0.717) is 58.8 Å². The molecule has 0 aliphatic carbocycles. The third-order valence-electron chi connectivity index (χ3n) is 7.79. The van der Waals surface area contributed by atoms with E-state index >= 15 is 0 Å². The maximum atomic E-state index is 12.8. The summed E-state index contributed by atoms with van der Waals surface area (Å²) >= 11 is 0. The van der Waals surface area contributed by atoms with Gasteiger partial charge < -0.3 is 37.9 Å². The van der Waals surface area contributed by atoms with Gasteiger partial charge in [-0.3, -0.25) is 9.59 Å². The maximum absolute atomic E-state index is 12.8. The van der Waals surface area contributed by atoms with Crippen molar-refractivity contribution in [3.63, 3.8) is 0 Å². The van der Waals surface area contributed by atoms with Crippen molar-refractivity contribution in [2.24, 2.45) is 10.2 Å². The summed E-state index contributed by atoms with van der Waals surface area (Å²) < 4.78 is 43.4. The first-order valence-corrected chi connectivity index (χ1v) is 17.7. The molecule has 0 spiro atoms. The first-order chi connectivity index (χ1) is 27.6. The van der Waals surface area contributed by atoms with Crippen molar-refractivity contribution in [2.45, 2.75) is 33.1 Å².